The minimum Gasteiger partial charge on any atom is -0.357 e. The van der Waals surface area contributed by atoms with Crippen LogP contribution in [0.15, 0.2) is 41.4 Å². The number of rotatable bonds is 7. The Morgan fingerprint density at radius 3 is 2.33 bits per heavy atom. The third kappa shape index (κ3) is 4.66. The molecule has 2 aliphatic carbocycles. The smallest absolute Gasteiger partial charge is 0.233 e. The molecule has 4 rings (SSSR count). The summed E-state index contributed by atoms with van der Waals surface area (Å²) in [6, 6.07) is 7.76. The molecule has 2 fully saturated rings. The van der Waals surface area contributed by atoms with Gasteiger partial charge in [0.25, 0.3) is 0 Å². The van der Waals surface area contributed by atoms with E-state index >= 15 is 0 Å². The second-order valence-electron chi connectivity index (χ2n) is 7.89. The van der Waals surface area contributed by atoms with E-state index in [-0.39, 0.29) is 59.5 Å². The zero-order valence-electron chi connectivity index (χ0n) is 17.0. The molecule has 2 amide bonds. The van der Waals surface area contributed by atoms with Crippen LogP contribution in [0.5, 0.6) is 0 Å². The molecule has 0 aromatic heterocycles. The molecule has 1 heterocycles. The average molecular weight is 543 g/mol. The fraction of sp³-hybridized carbons (Fsp3) is 0.500. The molecule has 1 aliphatic heterocycles. The molecule has 162 valence electrons. The van der Waals surface area contributed by atoms with Crippen LogP contribution in [0, 0.1) is 23.7 Å². The van der Waals surface area contributed by atoms with Crippen molar-refractivity contribution in [3.63, 3.8) is 0 Å². The number of amides is 2. The van der Waals surface area contributed by atoms with Crippen molar-refractivity contribution in [2.24, 2.45) is 28.7 Å². The number of halogens is 2. The average Bonchev–Trinajstić information content (AvgIpc) is 3.39. The third-order valence-corrected chi connectivity index (χ3v) is 6.37. The predicted octanol–water partition coefficient (Wildman–Crippen LogP) is 2.86. The van der Waals surface area contributed by atoms with Gasteiger partial charge in [-0.25, -0.2) is 0 Å². The molecular formula is C22H28ClIN4O2. The number of aliphatic imine (C=N–C) groups is 1. The van der Waals surface area contributed by atoms with Crippen molar-refractivity contribution in [1.82, 2.24) is 15.5 Å². The Morgan fingerprint density at radius 2 is 1.73 bits per heavy atom. The van der Waals surface area contributed by atoms with Crippen molar-refractivity contribution in [3.05, 3.63) is 47.0 Å². The second-order valence-corrected chi connectivity index (χ2v) is 8.33. The van der Waals surface area contributed by atoms with Gasteiger partial charge in [0.1, 0.15) is 0 Å². The molecule has 1 saturated heterocycles. The van der Waals surface area contributed by atoms with Crippen LogP contribution < -0.4 is 10.6 Å². The molecular weight excluding hydrogens is 515 g/mol. The molecule has 0 radical (unpaired) electrons. The standard InChI is InChI=1S/C22H27ClN4O2.HI/c1-2-24-22(25-10-9-14-3-7-17(23)8-4-14)26-11-12-27-20(28)18-15-5-6-16(13-15)19(18)21(27)29;/h3-8,15-16,18-19H,2,9-13H2,1H3,(H2,24,25,26);1H. The summed E-state index contributed by atoms with van der Waals surface area (Å²) in [5, 5.41) is 7.18. The fourth-order valence-corrected chi connectivity index (χ4v) is 4.89. The number of hydrogen-bond donors (Lipinski definition) is 2. The van der Waals surface area contributed by atoms with E-state index in [9.17, 15) is 9.59 Å². The lowest BCUT2D eigenvalue weighted by Crippen LogP contribution is -2.43. The predicted molar refractivity (Wildman–Crippen MR) is 129 cm³/mol. The summed E-state index contributed by atoms with van der Waals surface area (Å²) < 4.78 is 0. The van der Waals surface area contributed by atoms with Crippen molar-refractivity contribution in [1.29, 1.82) is 0 Å². The summed E-state index contributed by atoms with van der Waals surface area (Å²) in [4.78, 5) is 31.5. The van der Waals surface area contributed by atoms with E-state index in [0.29, 0.717) is 25.6 Å². The molecule has 4 unspecified atom stereocenters. The summed E-state index contributed by atoms with van der Waals surface area (Å²) in [7, 11) is 0. The van der Waals surface area contributed by atoms with Crippen molar-refractivity contribution in [2.45, 2.75) is 19.8 Å². The summed E-state index contributed by atoms with van der Waals surface area (Å²) in [6.45, 7) is 4.26. The van der Waals surface area contributed by atoms with Crippen LogP contribution in [0.2, 0.25) is 5.02 Å². The molecule has 6 nitrogen and oxygen atoms in total. The Kier molecular flexibility index (Phi) is 7.79. The van der Waals surface area contributed by atoms with Gasteiger partial charge in [-0.15, -0.1) is 24.0 Å². The highest BCUT2D eigenvalue weighted by atomic mass is 127. The SMILES string of the molecule is CCNC(=NCCc1ccc(Cl)cc1)NCCN1C(=O)C2C3C=CC(C3)C2C1=O.I. The molecule has 1 aromatic carbocycles. The first-order valence-electron chi connectivity index (χ1n) is 10.4. The number of nitrogens with zero attached hydrogens (tertiary/aromatic N) is 2. The number of carbonyl (C=O) groups excluding carboxylic acids is 2. The number of nitrogens with one attached hydrogen (secondary N) is 2. The maximum Gasteiger partial charge on any atom is 0.233 e. The lowest BCUT2D eigenvalue weighted by atomic mass is 9.85. The highest BCUT2D eigenvalue weighted by Gasteiger charge is 2.58. The Balaban J connectivity index is 0.00000256. The highest BCUT2D eigenvalue weighted by Crippen LogP contribution is 2.52. The number of fused-ring (bicyclic) bond motifs is 5. The van der Waals surface area contributed by atoms with Crippen LogP contribution in [0.4, 0.5) is 0 Å². The van der Waals surface area contributed by atoms with Gasteiger partial charge in [0.15, 0.2) is 5.96 Å². The molecule has 2 N–H and O–H groups in total. The zero-order valence-corrected chi connectivity index (χ0v) is 20.1. The molecule has 2 bridgehead atoms. The summed E-state index contributed by atoms with van der Waals surface area (Å²) >= 11 is 5.92. The van der Waals surface area contributed by atoms with Gasteiger partial charge in [0.05, 0.1) is 11.8 Å². The zero-order chi connectivity index (χ0) is 20.4. The lowest BCUT2D eigenvalue weighted by molar-refractivity contribution is -0.140. The third-order valence-electron chi connectivity index (χ3n) is 6.12. The summed E-state index contributed by atoms with van der Waals surface area (Å²) in [5.41, 5.74) is 1.18. The molecule has 1 aromatic rings. The second kappa shape index (κ2) is 10.1. The normalized spacial score (nSPS) is 26.7. The minimum atomic E-state index is -0.126. The van der Waals surface area contributed by atoms with E-state index in [4.69, 9.17) is 11.6 Å². The summed E-state index contributed by atoms with van der Waals surface area (Å²) in [6.07, 6.45) is 6.02. The van der Waals surface area contributed by atoms with Crippen molar-refractivity contribution in [3.8, 4) is 0 Å². The first-order valence-corrected chi connectivity index (χ1v) is 10.8. The van der Waals surface area contributed by atoms with E-state index in [1.165, 1.54) is 10.5 Å². The van der Waals surface area contributed by atoms with Crippen molar-refractivity contribution < 1.29 is 9.59 Å². The molecule has 3 aliphatic rings. The van der Waals surface area contributed by atoms with Crippen LogP contribution >= 0.6 is 35.6 Å². The first kappa shape index (κ1) is 23.1. The molecule has 8 heteroatoms. The van der Waals surface area contributed by atoms with Crippen LogP contribution in [0.25, 0.3) is 0 Å². The largest absolute Gasteiger partial charge is 0.357 e. The van der Waals surface area contributed by atoms with Crippen LogP contribution in [-0.2, 0) is 16.0 Å². The van der Waals surface area contributed by atoms with E-state index in [1.54, 1.807) is 0 Å². The van der Waals surface area contributed by atoms with Crippen LogP contribution in [0.3, 0.4) is 0 Å². The van der Waals surface area contributed by atoms with Gasteiger partial charge in [-0.1, -0.05) is 35.9 Å². The van der Waals surface area contributed by atoms with Gasteiger partial charge in [-0.05, 0) is 49.3 Å². The molecule has 1 saturated carbocycles. The maximum absolute atomic E-state index is 12.7. The monoisotopic (exact) mass is 542 g/mol. The van der Waals surface area contributed by atoms with Gasteiger partial charge in [-0.2, -0.15) is 0 Å². The van der Waals surface area contributed by atoms with Gasteiger partial charge >= 0.3 is 0 Å². The van der Waals surface area contributed by atoms with Gasteiger partial charge in [0, 0.05) is 31.2 Å². The van der Waals surface area contributed by atoms with Crippen molar-refractivity contribution in [2.75, 3.05) is 26.2 Å². The summed E-state index contributed by atoms with van der Waals surface area (Å²) in [5.74, 6) is 0.962. The fourth-order valence-electron chi connectivity index (χ4n) is 4.76. The number of benzene rings is 1. The topological polar surface area (TPSA) is 73.8 Å². The quantitative estimate of drug-likeness (QED) is 0.183. The number of imide groups is 1. The number of likely N-dealkylation sites (tertiary alicyclic amines) is 1. The Morgan fingerprint density at radius 1 is 1.10 bits per heavy atom. The highest BCUT2D eigenvalue weighted by molar-refractivity contribution is 14.0. The maximum atomic E-state index is 12.7. The van der Waals surface area contributed by atoms with Gasteiger partial charge in [0.2, 0.25) is 11.8 Å². The Hall–Kier alpha value is -1.61. The number of carbonyl (C=O) groups is 2. The number of hydrogen-bond acceptors (Lipinski definition) is 3. The first-order chi connectivity index (χ1) is 14.1. The van der Waals surface area contributed by atoms with Gasteiger partial charge in [-0.3, -0.25) is 19.5 Å². The van der Waals surface area contributed by atoms with Crippen LogP contribution in [-0.4, -0.2) is 48.9 Å². The van der Waals surface area contributed by atoms with E-state index in [0.717, 1.165) is 24.4 Å². The molecule has 4 atom stereocenters. The minimum absolute atomic E-state index is 0. The van der Waals surface area contributed by atoms with E-state index in [1.807, 2.05) is 31.2 Å². The molecule has 30 heavy (non-hydrogen) atoms. The van der Waals surface area contributed by atoms with E-state index < -0.39 is 0 Å². The van der Waals surface area contributed by atoms with E-state index in [2.05, 4.69) is 27.8 Å². The Bertz CT molecular complexity index is 812. The lowest BCUT2D eigenvalue weighted by Gasteiger charge is -2.18. The molecule has 0 spiro atoms. The van der Waals surface area contributed by atoms with Gasteiger partial charge < -0.3 is 10.6 Å². The number of guanidine groups is 1. The number of allylic oxidation sites excluding steroid dienone is 2. The Labute approximate surface area is 199 Å². The van der Waals surface area contributed by atoms with Crippen LogP contribution in [0.1, 0.15) is 18.9 Å². The van der Waals surface area contributed by atoms with Crippen molar-refractivity contribution >= 4 is 53.4 Å².